The van der Waals surface area contributed by atoms with Gasteiger partial charge in [0.15, 0.2) is 6.10 Å². The highest BCUT2D eigenvalue weighted by molar-refractivity contribution is 6.42. The monoisotopic (exact) mass is 452 g/mol. The molecule has 5 nitrogen and oxygen atoms in total. The van der Waals surface area contributed by atoms with Crippen molar-refractivity contribution in [3.05, 3.63) is 94.0 Å². The van der Waals surface area contributed by atoms with Gasteiger partial charge in [-0.1, -0.05) is 71.2 Å². The van der Waals surface area contributed by atoms with Crippen LogP contribution in [0.5, 0.6) is 0 Å². The number of nitrogens with zero attached hydrogens (tertiary/aromatic N) is 2. The molecule has 0 bridgehead atoms. The molecule has 0 N–H and O–H groups in total. The molecule has 0 aromatic heterocycles. The molecular weight excluding hydrogens is 435 g/mol. The van der Waals surface area contributed by atoms with Crippen molar-refractivity contribution in [2.24, 2.45) is 5.92 Å². The topological polar surface area (TPSA) is 49.9 Å². The van der Waals surface area contributed by atoms with Gasteiger partial charge >= 0.3 is 0 Å². The maximum absolute atomic E-state index is 13.5. The lowest BCUT2D eigenvalue weighted by Crippen LogP contribution is -2.37. The van der Waals surface area contributed by atoms with Crippen molar-refractivity contribution in [3.63, 3.8) is 0 Å². The van der Waals surface area contributed by atoms with E-state index in [-0.39, 0.29) is 10.9 Å². The van der Waals surface area contributed by atoms with Crippen molar-refractivity contribution in [1.29, 1.82) is 0 Å². The average molecular weight is 453 g/mol. The molecule has 31 heavy (non-hydrogen) atoms. The zero-order valence-corrected chi connectivity index (χ0v) is 18.0. The first kappa shape index (κ1) is 20.1. The van der Waals surface area contributed by atoms with Gasteiger partial charge in [0, 0.05) is 0 Å². The van der Waals surface area contributed by atoms with E-state index in [1.54, 1.807) is 17.2 Å². The molecule has 2 heterocycles. The summed E-state index contributed by atoms with van der Waals surface area (Å²) in [5, 5.41) is 2.31. The molecule has 5 rings (SSSR count). The van der Waals surface area contributed by atoms with E-state index in [9.17, 15) is 9.59 Å². The Bertz CT molecular complexity index is 1170. The van der Waals surface area contributed by atoms with Gasteiger partial charge in [-0.2, -0.15) is 0 Å². The van der Waals surface area contributed by atoms with E-state index in [1.165, 1.54) is 6.07 Å². The number of halogens is 2. The van der Waals surface area contributed by atoms with Crippen LogP contribution in [0, 0.1) is 12.8 Å². The molecule has 0 unspecified atom stereocenters. The molecule has 0 saturated carbocycles. The predicted octanol–water partition coefficient (Wildman–Crippen LogP) is 5.35. The molecule has 2 fully saturated rings. The maximum atomic E-state index is 13.5. The molecule has 3 aromatic rings. The lowest BCUT2D eigenvalue weighted by atomic mass is 9.90. The Labute approximate surface area is 189 Å². The Kier molecular flexibility index (Phi) is 4.97. The molecule has 7 heteroatoms. The highest BCUT2D eigenvalue weighted by atomic mass is 35.5. The van der Waals surface area contributed by atoms with Crippen molar-refractivity contribution in [3.8, 4) is 0 Å². The van der Waals surface area contributed by atoms with Crippen LogP contribution in [-0.4, -0.2) is 17.9 Å². The summed E-state index contributed by atoms with van der Waals surface area (Å²) in [5.41, 5.74) is 3.18. The summed E-state index contributed by atoms with van der Waals surface area (Å²) in [4.78, 5) is 34.1. The first-order valence-electron chi connectivity index (χ1n) is 9.86. The van der Waals surface area contributed by atoms with Crippen LogP contribution in [0.1, 0.15) is 17.2 Å². The quantitative estimate of drug-likeness (QED) is 0.502. The number of imide groups is 1. The number of fused-ring (bicyclic) bond motifs is 1. The Morgan fingerprint density at radius 2 is 1.52 bits per heavy atom. The molecular formula is C24H18Cl2N2O3. The number of carbonyl (C=O) groups excluding carboxylic acids is 2. The van der Waals surface area contributed by atoms with Gasteiger partial charge in [0.1, 0.15) is 5.92 Å². The lowest BCUT2D eigenvalue weighted by molar-refractivity contribution is -0.126. The van der Waals surface area contributed by atoms with E-state index in [1.807, 2.05) is 61.5 Å². The number of amides is 2. The van der Waals surface area contributed by atoms with E-state index in [0.29, 0.717) is 10.7 Å². The minimum atomic E-state index is -0.923. The largest absolute Gasteiger partial charge is 0.273 e. The van der Waals surface area contributed by atoms with Crippen LogP contribution in [0.15, 0.2) is 72.8 Å². The number of anilines is 2. The fraction of sp³-hybridized carbons (Fsp3) is 0.167. The summed E-state index contributed by atoms with van der Waals surface area (Å²) in [6, 6.07) is 21.7. The third-order valence-corrected chi connectivity index (χ3v) is 6.45. The highest BCUT2D eigenvalue weighted by Crippen LogP contribution is 2.47. The van der Waals surface area contributed by atoms with Gasteiger partial charge in [-0.3, -0.25) is 14.4 Å². The van der Waals surface area contributed by atoms with E-state index in [2.05, 4.69) is 0 Å². The Morgan fingerprint density at radius 1 is 0.806 bits per heavy atom. The number of hydrogen-bond donors (Lipinski definition) is 0. The number of hydroxylamine groups is 1. The zero-order chi connectivity index (χ0) is 21.7. The van der Waals surface area contributed by atoms with Gasteiger partial charge in [-0.05, 0) is 42.8 Å². The molecule has 0 aliphatic carbocycles. The van der Waals surface area contributed by atoms with Gasteiger partial charge in [-0.15, -0.1) is 0 Å². The molecule has 156 valence electrons. The molecule has 2 amide bonds. The van der Waals surface area contributed by atoms with E-state index < -0.39 is 24.0 Å². The van der Waals surface area contributed by atoms with Crippen molar-refractivity contribution in [2.75, 3.05) is 9.96 Å². The summed E-state index contributed by atoms with van der Waals surface area (Å²) in [5.74, 6) is -1.42. The van der Waals surface area contributed by atoms with Crippen molar-refractivity contribution in [2.45, 2.75) is 19.1 Å². The summed E-state index contributed by atoms with van der Waals surface area (Å²) >= 11 is 12.1. The summed E-state index contributed by atoms with van der Waals surface area (Å²) in [6.45, 7) is 2.00. The Balaban J connectivity index is 1.58. The van der Waals surface area contributed by atoms with Crippen LogP contribution < -0.4 is 9.96 Å². The molecule has 2 aliphatic heterocycles. The normalized spacial score (nSPS) is 22.9. The van der Waals surface area contributed by atoms with Gasteiger partial charge in [0.2, 0.25) is 5.91 Å². The lowest BCUT2D eigenvalue weighted by Gasteiger charge is -2.28. The minimum Gasteiger partial charge on any atom is -0.273 e. The molecule has 3 aromatic carbocycles. The second-order valence-corrected chi connectivity index (χ2v) is 8.49. The molecule has 0 spiro atoms. The first-order chi connectivity index (χ1) is 15.0. The Hall–Kier alpha value is -2.86. The maximum Gasteiger partial charge on any atom is 0.266 e. The number of hydrogen-bond acceptors (Lipinski definition) is 4. The van der Waals surface area contributed by atoms with Crippen LogP contribution in [0.4, 0.5) is 11.4 Å². The molecule has 3 atom stereocenters. The van der Waals surface area contributed by atoms with Gasteiger partial charge in [-0.25, -0.2) is 9.96 Å². The molecule has 0 radical (unpaired) electrons. The fourth-order valence-corrected chi connectivity index (χ4v) is 4.49. The van der Waals surface area contributed by atoms with Gasteiger partial charge in [0.05, 0.1) is 27.5 Å². The summed E-state index contributed by atoms with van der Waals surface area (Å²) in [6.07, 6.45) is -0.923. The van der Waals surface area contributed by atoms with Crippen molar-refractivity contribution >= 4 is 46.4 Å². The van der Waals surface area contributed by atoms with Crippen molar-refractivity contribution < 1.29 is 14.4 Å². The van der Waals surface area contributed by atoms with Crippen LogP contribution in [0.2, 0.25) is 10.0 Å². The second kappa shape index (κ2) is 7.68. The van der Waals surface area contributed by atoms with Crippen LogP contribution in [-0.2, 0) is 14.4 Å². The zero-order valence-electron chi connectivity index (χ0n) is 16.5. The number of carbonyl (C=O) groups is 2. The van der Waals surface area contributed by atoms with Gasteiger partial charge in [0.25, 0.3) is 5.91 Å². The fourth-order valence-electron chi connectivity index (χ4n) is 4.19. The SMILES string of the molecule is Cc1ccc([C@H]2[C@H]3C(=O)N(c4ccc(Cl)c(Cl)c4)C(=O)[C@@H]3ON2c2ccccc2)cc1. The van der Waals surface area contributed by atoms with Crippen LogP contribution in [0.3, 0.4) is 0 Å². The standard InChI is InChI=1S/C24H18Cl2N2O3/c1-14-7-9-15(10-8-14)21-20-22(31-28(21)16-5-3-2-4-6-16)24(30)27(23(20)29)17-11-12-18(25)19(26)13-17/h2-13,20-22H,1H3/t20-,21+,22-/m1/s1. The Morgan fingerprint density at radius 3 is 2.19 bits per heavy atom. The summed E-state index contributed by atoms with van der Waals surface area (Å²) < 4.78 is 0. The average Bonchev–Trinajstić information content (AvgIpc) is 3.28. The third-order valence-electron chi connectivity index (χ3n) is 5.71. The highest BCUT2D eigenvalue weighted by Gasteiger charge is 2.60. The minimum absolute atomic E-state index is 0.277. The number of rotatable bonds is 3. The van der Waals surface area contributed by atoms with E-state index in [0.717, 1.165) is 21.7 Å². The van der Waals surface area contributed by atoms with E-state index in [4.69, 9.17) is 28.0 Å². The smallest absolute Gasteiger partial charge is 0.266 e. The predicted molar refractivity (Wildman–Crippen MR) is 120 cm³/mol. The van der Waals surface area contributed by atoms with Gasteiger partial charge < -0.3 is 0 Å². The first-order valence-corrected chi connectivity index (χ1v) is 10.6. The molecule has 2 aliphatic rings. The number of benzene rings is 3. The van der Waals surface area contributed by atoms with Crippen molar-refractivity contribution in [1.82, 2.24) is 0 Å². The summed E-state index contributed by atoms with van der Waals surface area (Å²) in [7, 11) is 0. The molecule has 2 saturated heterocycles. The number of para-hydroxylation sites is 1. The second-order valence-electron chi connectivity index (χ2n) is 7.68. The third kappa shape index (κ3) is 3.30. The van der Waals surface area contributed by atoms with E-state index >= 15 is 0 Å². The van der Waals surface area contributed by atoms with Crippen LogP contribution in [0.25, 0.3) is 0 Å². The van der Waals surface area contributed by atoms with Crippen LogP contribution >= 0.6 is 23.2 Å². The number of aryl methyl sites for hydroxylation is 1.